The lowest BCUT2D eigenvalue weighted by Crippen LogP contribution is -2.04. The van der Waals surface area contributed by atoms with E-state index in [9.17, 15) is 4.79 Å². The molecule has 2 heterocycles. The van der Waals surface area contributed by atoms with E-state index < -0.39 is 5.97 Å². The molecule has 2 aromatic heterocycles. The molecule has 2 rings (SSSR count). The van der Waals surface area contributed by atoms with E-state index in [2.05, 4.69) is 15.0 Å². The van der Waals surface area contributed by atoms with E-state index in [0.29, 0.717) is 11.4 Å². The molecule has 2 aromatic rings. The zero-order valence-electron chi connectivity index (χ0n) is 9.29. The average molecular weight is 229 g/mol. The van der Waals surface area contributed by atoms with Crippen molar-refractivity contribution < 1.29 is 9.90 Å². The molecular weight excluding hydrogens is 218 g/mol. The van der Waals surface area contributed by atoms with Gasteiger partial charge in [-0.2, -0.15) is 0 Å². The maximum atomic E-state index is 11.1. The molecule has 86 valence electrons. The number of carbonyl (C=O) groups is 1. The minimum absolute atomic E-state index is 0.154. The van der Waals surface area contributed by atoms with Crippen LogP contribution in [0.15, 0.2) is 30.7 Å². The van der Waals surface area contributed by atoms with Crippen LogP contribution in [0.25, 0.3) is 11.4 Å². The molecule has 0 aliphatic carbocycles. The molecule has 17 heavy (non-hydrogen) atoms. The van der Waals surface area contributed by atoms with Crippen LogP contribution in [-0.2, 0) is 6.42 Å². The van der Waals surface area contributed by atoms with E-state index in [0.717, 1.165) is 12.1 Å². The minimum atomic E-state index is -1.01. The van der Waals surface area contributed by atoms with Crippen LogP contribution in [0.4, 0.5) is 0 Å². The van der Waals surface area contributed by atoms with Gasteiger partial charge < -0.3 is 5.11 Å². The van der Waals surface area contributed by atoms with Crippen LogP contribution < -0.4 is 0 Å². The van der Waals surface area contributed by atoms with E-state index >= 15 is 0 Å². The Labute approximate surface area is 98.2 Å². The van der Waals surface area contributed by atoms with Crippen molar-refractivity contribution in [1.82, 2.24) is 15.0 Å². The lowest BCUT2D eigenvalue weighted by Gasteiger charge is -2.06. The van der Waals surface area contributed by atoms with Crippen LogP contribution in [-0.4, -0.2) is 26.0 Å². The SMILES string of the molecule is CCc1ccc(C(=O)O)c(-c2ccncn2)n1. The fourth-order valence-electron chi connectivity index (χ4n) is 1.50. The van der Waals surface area contributed by atoms with E-state index in [4.69, 9.17) is 5.11 Å². The quantitative estimate of drug-likeness (QED) is 0.868. The lowest BCUT2D eigenvalue weighted by molar-refractivity contribution is 0.0697. The zero-order valence-corrected chi connectivity index (χ0v) is 9.29. The van der Waals surface area contributed by atoms with Crippen molar-refractivity contribution in [2.75, 3.05) is 0 Å². The van der Waals surface area contributed by atoms with Gasteiger partial charge in [0.2, 0.25) is 0 Å². The van der Waals surface area contributed by atoms with Gasteiger partial charge >= 0.3 is 5.97 Å². The predicted molar refractivity (Wildman–Crippen MR) is 61.6 cm³/mol. The summed E-state index contributed by atoms with van der Waals surface area (Å²) in [4.78, 5) is 23.3. The summed E-state index contributed by atoms with van der Waals surface area (Å²) in [7, 11) is 0. The third-order valence-corrected chi connectivity index (χ3v) is 2.37. The Morgan fingerprint density at radius 1 is 1.35 bits per heavy atom. The number of hydrogen-bond donors (Lipinski definition) is 1. The molecule has 5 nitrogen and oxygen atoms in total. The third-order valence-electron chi connectivity index (χ3n) is 2.37. The molecule has 0 radical (unpaired) electrons. The molecule has 1 N–H and O–H groups in total. The Morgan fingerprint density at radius 2 is 2.18 bits per heavy atom. The standard InChI is InChI=1S/C12H11N3O2/c1-2-8-3-4-9(12(16)17)11(15-8)10-5-6-13-7-14-10/h3-7H,2H2,1H3,(H,16,17). The molecule has 0 atom stereocenters. The lowest BCUT2D eigenvalue weighted by atomic mass is 10.1. The largest absolute Gasteiger partial charge is 0.478 e. The minimum Gasteiger partial charge on any atom is -0.478 e. The number of aromatic carboxylic acids is 1. The van der Waals surface area contributed by atoms with Gasteiger partial charge in [0.15, 0.2) is 0 Å². The number of rotatable bonds is 3. The van der Waals surface area contributed by atoms with Crippen LogP contribution >= 0.6 is 0 Å². The predicted octanol–water partition coefficient (Wildman–Crippen LogP) is 1.80. The number of carboxylic acids is 1. The van der Waals surface area contributed by atoms with E-state index in [1.807, 2.05) is 6.92 Å². The molecule has 0 spiro atoms. The zero-order chi connectivity index (χ0) is 12.3. The first-order valence-corrected chi connectivity index (χ1v) is 5.22. The topological polar surface area (TPSA) is 76.0 Å². The first kappa shape index (κ1) is 11.2. The summed E-state index contributed by atoms with van der Waals surface area (Å²) >= 11 is 0. The van der Waals surface area contributed by atoms with Crippen molar-refractivity contribution in [3.8, 4) is 11.4 Å². The highest BCUT2D eigenvalue weighted by Gasteiger charge is 2.14. The van der Waals surface area contributed by atoms with Crippen molar-refractivity contribution in [1.29, 1.82) is 0 Å². The summed E-state index contributed by atoms with van der Waals surface area (Å²) in [5.41, 5.74) is 1.90. The van der Waals surface area contributed by atoms with Crippen molar-refractivity contribution in [3.63, 3.8) is 0 Å². The molecular formula is C12H11N3O2. The van der Waals surface area contributed by atoms with Gasteiger partial charge in [-0.3, -0.25) is 4.98 Å². The van der Waals surface area contributed by atoms with E-state index in [-0.39, 0.29) is 5.56 Å². The van der Waals surface area contributed by atoms with E-state index in [1.54, 1.807) is 24.4 Å². The van der Waals surface area contributed by atoms with Gasteiger partial charge in [0, 0.05) is 11.9 Å². The molecule has 0 fully saturated rings. The van der Waals surface area contributed by atoms with Gasteiger partial charge in [-0.1, -0.05) is 6.92 Å². The Bertz CT molecular complexity index is 541. The fourth-order valence-corrected chi connectivity index (χ4v) is 1.50. The molecule has 0 unspecified atom stereocenters. The number of nitrogens with zero attached hydrogens (tertiary/aromatic N) is 3. The first-order chi connectivity index (χ1) is 8.22. The summed E-state index contributed by atoms with van der Waals surface area (Å²) < 4.78 is 0. The van der Waals surface area contributed by atoms with Crippen LogP contribution in [0.3, 0.4) is 0 Å². The van der Waals surface area contributed by atoms with Crippen LogP contribution in [0.1, 0.15) is 23.0 Å². The number of carboxylic acid groups (broad SMARTS) is 1. The summed E-state index contributed by atoms with van der Waals surface area (Å²) in [6.45, 7) is 1.96. The average Bonchev–Trinajstić information content (AvgIpc) is 2.39. The first-order valence-electron chi connectivity index (χ1n) is 5.22. The molecule has 0 saturated heterocycles. The maximum Gasteiger partial charge on any atom is 0.337 e. The van der Waals surface area contributed by atoms with Gasteiger partial charge in [0.25, 0.3) is 0 Å². The second-order valence-corrected chi connectivity index (χ2v) is 3.45. The monoisotopic (exact) mass is 229 g/mol. The fraction of sp³-hybridized carbons (Fsp3) is 0.167. The highest BCUT2D eigenvalue weighted by molar-refractivity contribution is 5.94. The van der Waals surface area contributed by atoms with Crippen LogP contribution in [0, 0.1) is 0 Å². The van der Waals surface area contributed by atoms with Gasteiger partial charge in [-0.05, 0) is 24.6 Å². The second-order valence-electron chi connectivity index (χ2n) is 3.45. The maximum absolute atomic E-state index is 11.1. The molecule has 0 aliphatic rings. The third kappa shape index (κ3) is 2.28. The molecule has 0 aliphatic heterocycles. The summed E-state index contributed by atoms with van der Waals surface area (Å²) in [5, 5.41) is 9.11. The Balaban J connectivity index is 2.61. The van der Waals surface area contributed by atoms with Gasteiger partial charge in [0.1, 0.15) is 12.0 Å². The molecule has 0 bridgehead atoms. The number of pyridine rings is 1. The van der Waals surface area contributed by atoms with Crippen molar-refractivity contribution in [3.05, 3.63) is 42.0 Å². The Hall–Kier alpha value is -2.30. The molecule has 0 amide bonds. The number of aryl methyl sites for hydroxylation is 1. The highest BCUT2D eigenvalue weighted by Crippen LogP contribution is 2.19. The number of aromatic nitrogens is 3. The van der Waals surface area contributed by atoms with Gasteiger partial charge in [-0.15, -0.1) is 0 Å². The summed E-state index contributed by atoms with van der Waals surface area (Å²) in [6, 6.07) is 4.92. The van der Waals surface area contributed by atoms with Crippen LogP contribution in [0.5, 0.6) is 0 Å². The Morgan fingerprint density at radius 3 is 2.76 bits per heavy atom. The molecule has 5 heteroatoms. The van der Waals surface area contributed by atoms with E-state index in [1.165, 1.54) is 6.33 Å². The van der Waals surface area contributed by atoms with Gasteiger partial charge in [0.05, 0.1) is 11.3 Å². The molecule has 0 saturated carbocycles. The normalized spacial score (nSPS) is 10.2. The van der Waals surface area contributed by atoms with Crippen molar-refractivity contribution in [2.24, 2.45) is 0 Å². The Kier molecular flexibility index (Phi) is 3.09. The number of hydrogen-bond acceptors (Lipinski definition) is 4. The van der Waals surface area contributed by atoms with Crippen molar-refractivity contribution >= 4 is 5.97 Å². The summed E-state index contributed by atoms with van der Waals surface area (Å²) in [6.07, 6.45) is 3.69. The van der Waals surface area contributed by atoms with Crippen molar-refractivity contribution in [2.45, 2.75) is 13.3 Å². The molecule has 0 aromatic carbocycles. The van der Waals surface area contributed by atoms with Gasteiger partial charge in [-0.25, -0.2) is 14.8 Å². The second kappa shape index (κ2) is 4.69. The highest BCUT2D eigenvalue weighted by atomic mass is 16.4. The smallest absolute Gasteiger partial charge is 0.337 e. The summed E-state index contributed by atoms with van der Waals surface area (Å²) in [5.74, 6) is -1.01. The van der Waals surface area contributed by atoms with Crippen LogP contribution in [0.2, 0.25) is 0 Å².